The lowest BCUT2D eigenvalue weighted by molar-refractivity contribution is 0.387. The molecule has 0 radical (unpaired) electrons. The van der Waals surface area contributed by atoms with E-state index in [1.807, 2.05) is 12.3 Å². The van der Waals surface area contributed by atoms with Crippen LogP contribution in [0.2, 0.25) is 0 Å². The smallest absolute Gasteiger partial charge is 0.140 e. The molecule has 2 heterocycles. The van der Waals surface area contributed by atoms with E-state index in [0.717, 1.165) is 37.7 Å². The molecule has 0 unspecified atom stereocenters. The Morgan fingerprint density at radius 3 is 3.00 bits per heavy atom. The van der Waals surface area contributed by atoms with Crippen molar-refractivity contribution in [3.63, 3.8) is 0 Å². The minimum Gasteiger partial charge on any atom is -0.332 e. The predicted molar refractivity (Wildman–Crippen MR) is 82.8 cm³/mol. The van der Waals surface area contributed by atoms with Crippen LogP contribution in [-0.2, 0) is 13.1 Å². The zero-order chi connectivity index (χ0) is 13.9. The van der Waals surface area contributed by atoms with Gasteiger partial charge in [0.25, 0.3) is 0 Å². The maximum atomic E-state index is 4.56. The summed E-state index contributed by atoms with van der Waals surface area (Å²) in [6.45, 7) is 3.12. The molecule has 1 saturated carbocycles. The van der Waals surface area contributed by atoms with Crippen LogP contribution < -0.4 is 5.32 Å². The maximum Gasteiger partial charge on any atom is 0.140 e. The number of hydrogen-bond donors (Lipinski definition) is 1. The Balaban J connectivity index is 1.75. The molecule has 108 valence electrons. The average molecular weight is 272 g/mol. The summed E-state index contributed by atoms with van der Waals surface area (Å²) < 4.78 is 2.31. The number of rotatable bonds is 7. The highest BCUT2D eigenvalue weighted by molar-refractivity contribution is 5.80. The summed E-state index contributed by atoms with van der Waals surface area (Å²) in [5.41, 5.74) is 2.50. The lowest BCUT2D eigenvalue weighted by atomic mass is 10.2. The predicted octanol–water partition coefficient (Wildman–Crippen LogP) is 2.24. The second-order valence-electron chi connectivity index (χ2n) is 6.03. The number of aryl methyl sites for hydroxylation is 1. The minimum atomic E-state index is 0.749. The number of fused-ring (bicyclic) bond motifs is 1. The van der Waals surface area contributed by atoms with Crippen molar-refractivity contribution in [1.29, 1.82) is 0 Å². The third-order valence-corrected chi connectivity index (χ3v) is 3.88. The molecular weight excluding hydrogens is 248 g/mol. The molecule has 0 aliphatic heterocycles. The molecule has 1 N–H and O–H groups in total. The number of aromatic nitrogens is 2. The Morgan fingerprint density at radius 1 is 1.40 bits per heavy atom. The molecule has 0 atom stereocenters. The van der Waals surface area contributed by atoms with Crippen molar-refractivity contribution in [2.24, 2.45) is 0 Å². The van der Waals surface area contributed by atoms with Gasteiger partial charge in [0, 0.05) is 36.9 Å². The summed E-state index contributed by atoms with van der Waals surface area (Å²) >= 11 is 0. The SMILES string of the molecule is CN(C)CCCn1cc(CNC2CC2)c2cccnc21. The van der Waals surface area contributed by atoms with E-state index >= 15 is 0 Å². The number of nitrogens with zero attached hydrogens (tertiary/aromatic N) is 3. The largest absolute Gasteiger partial charge is 0.332 e. The minimum absolute atomic E-state index is 0.749. The van der Waals surface area contributed by atoms with Crippen LogP contribution in [0.25, 0.3) is 11.0 Å². The van der Waals surface area contributed by atoms with Crippen LogP contribution in [0.1, 0.15) is 24.8 Å². The highest BCUT2D eigenvalue weighted by Gasteiger charge is 2.20. The Hall–Kier alpha value is -1.39. The van der Waals surface area contributed by atoms with Crippen molar-refractivity contribution in [2.75, 3.05) is 20.6 Å². The third-order valence-electron chi connectivity index (χ3n) is 3.88. The molecule has 0 saturated heterocycles. The van der Waals surface area contributed by atoms with Crippen LogP contribution in [0.15, 0.2) is 24.5 Å². The molecule has 0 aromatic carbocycles. The first-order valence-corrected chi connectivity index (χ1v) is 7.55. The number of hydrogen-bond acceptors (Lipinski definition) is 3. The summed E-state index contributed by atoms with van der Waals surface area (Å²) in [5, 5.41) is 4.90. The molecule has 3 rings (SSSR count). The van der Waals surface area contributed by atoms with Gasteiger partial charge >= 0.3 is 0 Å². The van der Waals surface area contributed by atoms with Gasteiger partial charge in [-0.3, -0.25) is 0 Å². The second kappa shape index (κ2) is 5.94. The van der Waals surface area contributed by atoms with Gasteiger partial charge in [0.05, 0.1) is 0 Å². The van der Waals surface area contributed by atoms with Crippen molar-refractivity contribution >= 4 is 11.0 Å². The molecule has 1 fully saturated rings. The van der Waals surface area contributed by atoms with Crippen molar-refractivity contribution < 1.29 is 0 Å². The van der Waals surface area contributed by atoms with Gasteiger partial charge < -0.3 is 14.8 Å². The lowest BCUT2D eigenvalue weighted by Gasteiger charge is -2.09. The van der Waals surface area contributed by atoms with Crippen LogP contribution in [0, 0.1) is 0 Å². The fourth-order valence-corrected chi connectivity index (χ4v) is 2.61. The van der Waals surface area contributed by atoms with E-state index in [2.05, 4.69) is 46.1 Å². The van der Waals surface area contributed by atoms with E-state index in [1.165, 1.54) is 23.8 Å². The van der Waals surface area contributed by atoms with E-state index in [4.69, 9.17) is 0 Å². The van der Waals surface area contributed by atoms with Gasteiger partial charge in [-0.15, -0.1) is 0 Å². The van der Waals surface area contributed by atoms with Crippen LogP contribution >= 0.6 is 0 Å². The van der Waals surface area contributed by atoms with Crippen LogP contribution in [0.4, 0.5) is 0 Å². The average Bonchev–Trinajstić information content (AvgIpc) is 3.20. The molecule has 1 aliphatic rings. The molecule has 4 nitrogen and oxygen atoms in total. The molecule has 0 bridgehead atoms. The van der Waals surface area contributed by atoms with Crippen molar-refractivity contribution in [2.45, 2.75) is 38.4 Å². The topological polar surface area (TPSA) is 33.1 Å². The zero-order valence-corrected chi connectivity index (χ0v) is 12.5. The first-order chi connectivity index (χ1) is 9.74. The highest BCUT2D eigenvalue weighted by atomic mass is 15.1. The van der Waals surface area contributed by atoms with Gasteiger partial charge in [0.2, 0.25) is 0 Å². The molecule has 1 aliphatic carbocycles. The summed E-state index contributed by atoms with van der Waals surface area (Å²) in [7, 11) is 4.24. The zero-order valence-electron chi connectivity index (χ0n) is 12.5. The molecule has 20 heavy (non-hydrogen) atoms. The van der Waals surface area contributed by atoms with Gasteiger partial charge in [-0.25, -0.2) is 4.98 Å². The van der Waals surface area contributed by atoms with E-state index in [1.54, 1.807) is 0 Å². The first-order valence-electron chi connectivity index (χ1n) is 7.55. The summed E-state index contributed by atoms with van der Waals surface area (Å²) in [6, 6.07) is 4.97. The molecule has 0 spiro atoms. The standard InChI is InChI=1S/C16H24N4/c1-19(2)9-4-10-20-12-13(11-18-14-6-7-14)15-5-3-8-17-16(15)20/h3,5,8,12,14,18H,4,6-7,9-11H2,1-2H3. The maximum absolute atomic E-state index is 4.56. The van der Waals surface area contributed by atoms with Gasteiger partial charge in [0.15, 0.2) is 0 Å². The van der Waals surface area contributed by atoms with Crippen LogP contribution in [-0.4, -0.2) is 41.1 Å². The first kappa shape index (κ1) is 13.6. The fourth-order valence-electron chi connectivity index (χ4n) is 2.61. The Morgan fingerprint density at radius 2 is 2.25 bits per heavy atom. The van der Waals surface area contributed by atoms with E-state index < -0.39 is 0 Å². The van der Waals surface area contributed by atoms with Gasteiger partial charge in [-0.05, 0) is 57.6 Å². The fraction of sp³-hybridized carbons (Fsp3) is 0.562. The number of nitrogens with one attached hydrogen (secondary N) is 1. The van der Waals surface area contributed by atoms with Crippen LogP contribution in [0.3, 0.4) is 0 Å². The quantitative estimate of drug-likeness (QED) is 0.839. The second-order valence-corrected chi connectivity index (χ2v) is 6.03. The summed E-state index contributed by atoms with van der Waals surface area (Å²) in [4.78, 5) is 6.79. The van der Waals surface area contributed by atoms with Crippen molar-refractivity contribution in [3.8, 4) is 0 Å². The summed E-state index contributed by atoms with van der Waals surface area (Å²) in [5.74, 6) is 0. The van der Waals surface area contributed by atoms with E-state index in [9.17, 15) is 0 Å². The van der Waals surface area contributed by atoms with Gasteiger partial charge in [-0.2, -0.15) is 0 Å². The third kappa shape index (κ3) is 3.19. The van der Waals surface area contributed by atoms with Crippen LogP contribution in [0.5, 0.6) is 0 Å². The van der Waals surface area contributed by atoms with E-state index in [0.29, 0.717) is 0 Å². The van der Waals surface area contributed by atoms with Gasteiger partial charge in [-0.1, -0.05) is 0 Å². The van der Waals surface area contributed by atoms with Crippen molar-refractivity contribution in [1.82, 2.24) is 19.8 Å². The molecule has 2 aromatic rings. The Labute approximate surface area is 120 Å². The highest BCUT2D eigenvalue weighted by Crippen LogP contribution is 2.23. The molecular formula is C16H24N4. The lowest BCUT2D eigenvalue weighted by Crippen LogP contribution is -2.15. The Kier molecular flexibility index (Phi) is 4.03. The summed E-state index contributed by atoms with van der Waals surface area (Å²) in [6.07, 6.45) is 7.99. The molecule has 0 amide bonds. The van der Waals surface area contributed by atoms with Gasteiger partial charge in [0.1, 0.15) is 5.65 Å². The molecule has 2 aromatic heterocycles. The monoisotopic (exact) mass is 272 g/mol. The van der Waals surface area contributed by atoms with Crippen molar-refractivity contribution in [3.05, 3.63) is 30.1 Å². The normalized spacial score (nSPS) is 15.3. The molecule has 4 heteroatoms. The Bertz CT molecular complexity index is 569. The van der Waals surface area contributed by atoms with E-state index in [-0.39, 0.29) is 0 Å². The number of pyridine rings is 1.